The number of hydrogen-bond donors (Lipinski definition) is 1. The van der Waals surface area contributed by atoms with Crippen molar-refractivity contribution in [1.82, 2.24) is 0 Å². The third-order valence-electron chi connectivity index (χ3n) is 3.12. The van der Waals surface area contributed by atoms with E-state index in [4.69, 9.17) is 5.73 Å². The number of rotatable bonds is 4. The van der Waals surface area contributed by atoms with Crippen LogP contribution >= 0.6 is 11.8 Å². The summed E-state index contributed by atoms with van der Waals surface area (Å²) >= 11 is 0.883. The Morgan fingerprint density at radius 2 is 1.67 bits per heavy atom. The Bertz CT molecular complexity index is 811. The van der Waals surface area contributed by atoms with Crippen LogP contribution in [0.4, 0.5) is 14.5 Å². The normalized spacial score (nSPS) is 10.3. The van der Waals surface area contributed by atoms with Crippen molar-refractivity contribution in [3.63, 3.8) is 0 Å². The van der Waals surface area contributed by atoms with Crippen LogP contribution in [-0.4, -0.2) is 26.2 Å². The van der Waals surface area contributed by atoms with Crippen molar-refractivity contribution in [1.29, 1.82) is 0 Å². The zero-order valence-corrected chi connectivity index (χ0v) is 13.6. The summed E-state index contributed by atoms with van der Waals surface area (Å²) in [5, 5.41) is 0. The Morgan fingerprint density at radius 3 is 2.29 bits per heavy atom. The van der Waals surface area contributed by atoms with Crippen LogP contribution in [0.1, 0.15) is 20.7 Å². The van der Waals surface area contributed by atoms with Gasteiger partial charge < -0.3 is 15.2 Å². The number of esters is 2. The number of carbonyl (C=O) groups excluding carboxylic acids is 2. The third kappa shape index (κ3) is 3.33. The summed E-state index contributed by atoms with van der Waals surface area (Å²) in [5.74, 6) is -4.07. The molecule has 0 bridgehead atoms. The number of benzene rings is 2. The van der Waals surface area contributed by atoms with Gasteiger partial charge in [-0.2, -0.15) is 0 Å². The van der Waals surface area contributed by atoms with Crippen LogP contribution in [0.25, 0.3) is 0 Å². The summed E-state index contributed by atoms with van der Waals surface area (Å²) in [6.07, 6.45) is 0. The first-order chi connectivity index (χ1) is 11.4. The fourth-order valence-electron chi connectivity index (χ4n) is 1.94. The highest BCUT2D eigenvalue weighted by Gasteiger charge is 2.24. The van der Waals surface area contributed by atoms with Gasteiger partial charge in [-0.25, -0.2) is 18.4 Å². The number of carbonyl (C=O) groups is 2. The lowest BCUT2D eigenvalue weighted by atomic mass is 10.1. The van der Waals surface area contributed by atoms with Gasteiger partial charge in [-0.3, -0.25) is 0 Å². The van der Waals surface area contributed by atoms with E-state index in [2.05, 4.69) is 9.47 Å². The molecule has 0 aliphatic rings. The van der Waals surface area contributed by atoms with Gasteiger partial charge in [-0.1, -0.05) is 23.9 Å². The molecule has 0 atom stereocenters. The van der Waals surface area contributed by atoms with Crippen molar-refractivity contribution < 1.29 is 27.8 Å². The molecule has 126 valence electrons. The second-order valence-corrected chi connectivity index (χ2v) is 5.62. The van der Waals surface area contributed by atoms with Gasteiger partial charge in [-0.05, 0) is 18.2 Å². The number of nitrogen functional groups attached to an aromatic ring is 1. The van der Waals surface area contributed by atoms with Gasteiger partial charge in [0, 0.05) is 9.79 Å². The highest BCUT2D eigenvalue weighted by molar-refractivity contribution is 7.99. The van der Waals surface area contributed by atoms with Gasteiger partial charge in [0.25, 0.3) is 0 Å². The van der Waals surface area contributed by atoms with E-state index >= 15 is 0 Å². The zero-order chi connectivity index (χ0) is 17.9. The summed E-state index contributed by atoms with van der Waals surface area (Å²) in [6.45, 7) is 0. The van der Waals surface area contributed by atoms with Crippen molar-refractivity contribution in [2.24, 2.45) is 0 Å². The van der Waals surface area contributed by atoms with Crippen LogP contribution in [0.5, 0.6) is 0 Å². The zero-order valence-electron chi connectivity index (χ0n) is 12.8. The average molecular weight is 353 g/mol. The van der Waals surface area contributed by atoms with Crippen molar-refractivity contribution in [2.45, 2.75) is 9.79 Å². The largest absolute Gasteiger partial charge is 0.465 e. The molecule has 2 aromatic carbocycles. The number of halogens is 2. The molecule has 0 fully saturated rings. The first-order valence-electron chi connectivity index (χ1n) is 6.61. The van der Waals surface area contributed by atoms with Crippen LogP contribution in [0.15, 0.2) is 40.1 Å². The van der Waals surface area contributed by atoms with Crippen LogP contribution < -0.4 is 5.73 Å². The van der Waals surface area contributed by atoms with E-state index in [0.717, 1.165) is 24.9 Å². The van der Waals surface area contributed by atoms with Crippen LogP contribution in [0.3, 0.4) is 0 Å². The molecule has 0 spiro atoms. The molecule has 8 heteroatoms. The second kappa shape index (κ2) is 7.31. The molecule has 2 N–H and O–H groups in total. The SMILES string of the molecule is COC(=O)c1ccccc1Sc1cc(F)c(C(=O)OC)c(F)c1N. The van der Waals surface area contributed by atoms with Crippen molar-refractivity contribution >= 4 is 29.4 Å². The predicted molar refractivity (Wildman–Crippen MR) is 84.0 cm³/mol. The Labute approximate surface area is 140 Å². The molecule has 0 aliphatic carbocycles. The van der Waals surface area contributed by atoms with Gasteiger partial charge in [0.1, 0.15) is 11.4 Å². The van der Waals surface area contributed by atoms with Gasteiger partial charge in [0.05, 0.1) is 25.5 Å². The monoisotopic (exact) mass is 353 g/mol. The van der Waals surface area contributed by atoms with Gasteiger partial charge in [0.15, 0.2) is 5.82 Å². The molecule has 0 saturated heterocycles. The summed E-state index contributed by atoms with van der Waals surface area (Å²) < 4.78 is 37.3. The Hall–Kier alpha value is -2.61. The molecule has 0 heterocycles. The molecule has 0 aromatic heterocycles. The molecule has 0 amide bonds. The number of anilines is 1. The number of nitrogens with two attached hydrogens (primary N) is 1. The third-order valence-corrected chi connectivity index (χ3v) is 4.25. The van der Waals surface area contributed by atoms with E-state index in [9.17, 15) is 18.4 Å². The fraction of sp³-hybridized carbons (Fsp3) is 0.125. The van der Waals surface area contributed by atoms with E-state index in [1.54, 1.807) is 18.2 Å². The molecule has 0 radical (unpaired) electrons. The number of hydrogen-bond acceptors (Lipinski definition) is 6. The summed E-state index contributed by atoms with van der Waals surface area (Å²) in [5.41, 5.74) is 4.61. The highest BCUT2D eigenvalue weighted by Crippen LogP contribution is 2.37. The molecular formula is C16H13F2NO4S. The maximum Gasteiger partial charge on any atom is 0.343 e. The topological polar surface area (TPSA) is 78.6 Å². The Kier molecular flexibility index (Phi) is 5.40. The Balaban J connectivity index is 2.49. The van der Waals surface area contributed by atoms with E-state index < -0.39 is 34.8 Å². The number of ether oxygens (including phenoxy) is 2. The molecule has 24 heavy (non-hydrogen) atoms. The van der Waals surface area contributed by atoms with Gasteiger partial charge in [0.2, 0.25) is 0 Å². The lowest BCUT2D eigenvalue weighted by molar-refractivity contribution is 0.0583. The molecule has 5 nitrogen and oxygen atoms in total. The lowest BCUT2D eigenvalue weighted by Crippen LogP contribution is -2.11. The first kappa shape index (κ1) is 17.7. The molecule has 0 unspecified atom stereocenters. The van der Waals surface area contributed by atoms with Crippen LogP contribution in [0, 0.1) is 11.6 Å². The fourth-order valence-corrected chi connectivity index (χ4v) is 2.95. The maximum absolute atomic E-state index is 14.2. The smallest absolute Gasteiger partial charge is 0.343 e. The standard InChI is InChI=1S/C16H13F2NO4S/c1-22-15(20)8-5-3-4-6-10(8)24-11-7-9(17)12(16(21)23-2)13(18)14(11)19/h3-7H,19H2,1-2H3. The molecule has 0 saturated carbocycles. The number of methoxy groups -OCH3 is 2. The molecule has 0 aliphatic heterocycles. The van der Waals surface area contributed by atoms with Crippen molar-refractivity contribution in [2.75, 3.05) is 20.0 Å². The molecule has 2 rings (SSSR count). The van der Waals surface area contributed by atoms with Crippen LogP contribution in [-0.2, 0) is 9.47 Å². The van der Waals surface area contributed by atoms with E-state index in [1.165, 1.54) is 13.2 Å². The first-order valence-corrected chi connectivity index (χ1v) is 7.43. The van der Waals surface area contributed by atoms with Crippen LogP contribution in [0.2, 0.25) is 0 Å². The Morgan fingerprint density at radius 1 is 1.04 bits per heavy atom. The summed E-state index contributed by atoms with van der Waals surface area (Å²) in [7, 11) is 2.23. The summed E-state index contributed by atoms with van der Waals surface area (Å²) in [6, 6.07) is 7.30. The minimum atomic E-state index is -1.21. The minimum absolute atomic E-state index is 0.0222. The lowest BCUT2D eigenvalue weighted by Gasteiger charge is -2.12. The minimum Gasteiger partial charge on any atom is -0.465 e. The average Bonchev–Trinajstić information content (AvgIpc) is 2.59. The predicted octanol–water partition coefficient (Wildman–Crippen LogP) is 3.27. The quantitative estimate of drug-likeness (QED) is 0.671. The maximum atomic E-state index is 14.2. The van der Waals surface area contributed by atoms with E-state index in [0.29, 0.717) is 4.90 Å². The van der Waals surface area contributed by atoms with Gasteiger partial charge in [-0.15, -0.1) is 0 Å². The van der Waals surface area contributed by atoms with E-state index in [1.807, 2.05) is 0 Å². The van der Waals surface area contributed by atoms with Gasteiger partial charge >= 0.3 is 11.9 Å². The van der Waals surface area contributed by atoms with Crippen molar-refractivity contribution in [3.05, 3.63) is 53.1 Å². The molecule has 2 aromatic rings. The van der Waals surface area contributed by atoms with Crippen molar-refractivity contribution in [3.8, 4) is 0 Å². The second-order valence-electron chi connectivity index (χ2n) is 4.54. The highest BCUT2D eigenvalue weighted by atomic mass is 32.2. The molecular weight excluding hydrogens is 340 g/mol. The summed E-state index contributed by atoms with van der Waals surface area (Å²) in [4.78, 5) is 23.6. The van der Waals surface area contributed by atoms with E-state index in [-0.39, 0.29) is 10.5 Å².